The summed E-state index contributed by atoms with van der Waals surface area (Å²) in [6, 6.07) is -0.289. The number of rotatable bonds is 10. The van der Waals surface area contributed by atoms with Crippen LogP contribution in [0.5, 0.6) is 5.75 Å². The number of hydrogen-bond donors (Lipinski definition) is 3. The second-order valence-corrected chi connectivity index (χ2v) is 14.4. The summed E-state index contributed by atoms with van der Waals surface area (Å²) in [5.74, 6) is -5.61. The van der Waals surface area contributed by atoms with Crippen LogP contribution in [0.3, 0.4) is 0 Å². The number of sulfone groups is 1. The van der Waals surface area contributed by atoms with Crippen LogP contribution in [0.4, 0.5) is 18.9 Å². The van der Waals surface area contributed by atoms with Crippen LogP contribution in [0.25, 0.3) is 0 Å². The number of benzene rings is 1. The fourth-order valence-corrected chi connectivity index (χ4v) is 6.48. The third kappa shape index (κ3) is 6.87. The summed E-state index contributed by atoms with van der Waals surface area (Å²) in [6.07, 6.45) is -1.63. The molecule has 5 amide bonds. The van der Waals surface area contributed by atoms with E-state index in [-0.39, 0.29) is 47.4 Å². The molecule has 1 spiro atoms. The van der Waals surface area contributed by atoms with Gasteiger partial charge in [0.05, 0.1) is 17.1 Å². The number of likely N-dealkylation sites (N-methyl/N-ethyl adjacent to an activating group) is 1. The second kappa shape index (κ2) is 11.5. The second-order valence-electron chi connectivity index (χ2n) is 12.4. The van der Waals surface area contributed by atoms with Gasteiger partial charge in [0.25, 0.3) is 5.91 Å². The lowest BCUT2D eigenvalue weighted by molar-refractivity contribution is -0.175. The standard InChI is InChI=1S/C28H34F3N5O8S/c1-35(23(38)18(9-14-3-4-14)34-26(41)28(29,30)31)19(10-15-5-6-15)24(39)36-13-27(12-20(36)22(32)37)25(40)33-17-8-7-16(45(2,42)43)11-21(17)44-27/h7-8,11,14-15,18-20H,3-6,9-10,12-13H2,1-2H3,(H2,32,37)(H,33,40)(H,34,41)/t18?,19?,20-,27+/m0/s1. The summed E-state index contributed by atoms with van der Waals surface area (Å²) in [5.41, 5.74) is 4.00. The first-order valence-electron chi connectivity index (χ1n) is 14.5. The van der Waals surface area contributed by atoms with Crippen LogP contribution in [-0.4, -0.2) is 97.5 Å². The molecule has 2 unspecified atom stereocenters. The lowest BCUT2D eigenvalue weighted by Crippen LogP contribution is -2.58. The fraction of sp³-hybridized carbons (Fsp3) is 0.607. The molecule has 1 aromatic carbocycles. The molecule has 13 nitrogen and oxygen atoms in total. The molecule has 17 heteroatoms. The van der Waals surface area contributed by atoms with Gasteiger partial charge in [0.2, 0.25) is 23.3 Å². The Morgan fingerprint density at radius 3 is 2.33 bits per heavy atom. The highest BCUT2D eigenvalue weighted by Gasteiger charge is 2.58. The van der Waals surface area contributed by atoms with Crippen molar-refractivity contribution >= 4 is 45.1 Å². The van der Waals surface area contributed by atoms with Crippen molar-refractivity contribution in [2.75, 3.05) is 25.2 Å². The number of hydrogen-bond acceptors (Lipinski definition) is 8. The van der Waals surface area contributed by atoms with E-state index in [9.17, 15) is 45.6 Å². The van der Waals surface area contributed by atoms with E-state index in [1.807, 2.05) is 0 Å². The van der Waals surface area contributed by atoms with Crippen molar-refractivity contribution < 1.29 is 50.3 Å². The number of nitrogens with one attached hydrogen (secondary N) is 2. The van der Waals surface area contributed by atoms with Gasteiger partial charge in [-0.05, 0) is 36.8 Å². The number of primary amides is 1. The van der Waals surface area contributed by atoms with Gasteiger partial charge in [-0.3, -0.25) is 24.0 Å². The van der Waals surface area contributed by atoms with Crippen LogP contribution in [0, 0.1) is 11.8 Å². The predicted octanol–water partition coefficient (Wildman–Crippen LogP) is 0.720. The Labute approximate surface area is 256 Å². The quantitative estimate of drug-likeness (QED) is 0.329. The van der Waals surface area contributed by atoms with Gasteiger partial charge in [-0.25, -0.2) is 8.42 Å². The van der Waals surface area contributed by atoms with Crippen molar-refractivity contribution in [1.29, 1.82) is 0 Å². The summed E-state index contributed by atoms with van der Waals surface area (Å²) in [6.45, 7) is -0.479. The Kier molecular flexibility index (Phi) is 8.29. The summed E-state index contributed by atoms with van der Waals surface area (Å²) >= 11 is 0. The average molecular weight is 658 g/mol. The first kappa shape index (κ1) is 32.5. The average Bonchev–Trinajstić information content (AvgIpc) is 3.89. The highest BCUT2D eigenvalue weighted by Crippen LogP contribution is 2.42. The lowest BCUT2D eigenvalue weighted by atomic mass is 9.96. The number of fused-ring (bicyclic) bond motifs is 1. The lowest BCUT2D eigenvalue weighted by Gasteiger charge is -2.36. The Hall–Kier alpha value is -3.89. The minimum Gasteiger partial charge on any atom is -0.473 e. The summed E-state index contributed by atoms with van der Waals surface area (Å²) < 4.78 is 69.5. The number of ether oxygens (including phenoxy) is 1. The molecule has 246 valence electrons. The maximum absolute atomic E-state index is 14.2. The van der Waals surface area contributed by atoms with Crippen molar-refractivity contribution in [3.63, 3.8) is 0 Å². The summed E-state index contributed by atoms with van der Waals surface area (Å²) in [5, 5.41) is 4.40. The van der Waals surface area contributed by atoms with Crippen LogP contribution in [0.15, 0.2) is 23.1 Å². The Balaban J connectivity index is 1.42. The van der Waals surface area contributed by atoms with E-state index >= 15 is 0 Å². The minimum atomic E-state index is -5.22. The van der Waals surface area contributed by atoms with Gasteiger partial charge in [-0.1, -0.05) is 25.7 Å². The van der Waals surface area contributed by atoms with E-state index in [0.717, 1.165) is 28.9 Å². The zero-order valence-corrected chi connectivity index (χ0v) is 25.4. The fourth-order valence-electron chi connectivity index (χ4n) is 5.84. The highest BCUT2D eigenvalue weighted by atomic mass is 32.2. The number of nitrogens with two attached hydrogens (primary N) is 1. The summed E-state index contributed by atoms with van der Waals surface area (Å²) in [7, 11) is -2.40. The smallest absolute Gasteiger partial charge is 0.471 e. The van der Waals surface area contributed by atoms with Crippen molar-refractivity contribution in [1.82, 2.24) is 15.1 Å². The summed E-state index contributed by atoms with van der Waals surface area (Å²) in [4.78, 5) is 67.4. The zero-order valence-electron chi connectivity index (χ0n) is 24.6. The Morgan fingerprint density at radius 2 is 1.78 bits per heavy atom. The highest BCUT2D eigenvalue weighted by molar-refractivity contribution is 7.90. The molecule has 4 aliphatic rings. The molecule has 4 N–H and O–H groups in total. The number of anilines is 1. The van der Waals surface area contributed by atoms with E-state index in [2.05, 4.69) is 5.32 Å². The van der Waals surface area contributed by atoms with E-state index in [1.54, 1.807) is 5.32 Å². The van der Waals surface area contributed by atoms with Gasteiger partial charge in [-0.15, -0.1) is 0 Å². The van der Waals surface area contributed by atoms with Crippen molar-refractivity contribution in [3.8, 4) is 5.75 Å². The molecule has 1 saturated heterocycles. The molecule has 45 heavy (non-hydrogen) atoms. The van der Waals surface area contributed by atoms with Crippen molar-refractivity contribution in [2.24, 2.45) is 17.6 Å². The molecular formula is C28H34F3N5O8S. The molecule has 0 aromatic heterocycles. The number of alkyl halides is 3. The number of carbonyl (C=O) groups is 5. The van der Waals surface area contributed by atoms with Crippen LogP contribution in [0.1, 0.15) is 44.9 Å². The molecule has 0 bridgehead atoms. The number of halogens is 3. The molecule has 2 heterocycles. The van der Waals surface area contributed by atoms with Gasteiger partial charge in [0.15, 0.2) is 9.84 Å². The largest absolute Gasteiger partial charge is 0.473 e. The van der Waals surface area contributed by atoms with Crippen LogP contribution < -0.4 is 21.1 Å². The van der Waals surface area contributed by atoms with E-state index < -0.39 is 75.8 Å². The van der Waals surface area contributed by atoms with Crippen LogP contribution in [-0.2, 0) is 33.8 Å². The minimum absolute atomic E-state index is 0.000180. The maximum atomic E-state index is 14.2. The molecule has 5 rings (SSSR count). The molecule has 1 aromatic rings. The molecule has 2 aliphatic carbocycles. The van der Waals surface area contributed by atoms with E-state index in [4.69, 9.17) is 10.5 Å². The van der Waals surface area contributed by atoms with Crippen molar-refractivity contribution in [2.45, 2.75) is 79.7 Å². The van der Waals surface area contributed by atoms with Crippen LogP contribution in [0.2, 0.25) is 0 Å². The van der Waals surface area contributed by atoms with Gasteiger partial charge < -0.3 is 30.9 Å². The predicted molar refractivity (Wildman–Crippen MR) is 150 cm³/mol. The van der Waals surface area contributed by atoms with Gasteiger partial charge >= 0.3 is 12.1 Å². The van der Waals surface area contributed by atoms with E-state index in [1.165, 1.54) is 25.2 Å². The number of nitrogens with zero attached hydrogens (tertiary/aromatic N) is 2. The first-order valence-corrected chi connectivity index (χ1v) is 16.4. The normalized spacial score (nSPS) is 24.2. The van der Waals surface area contributed by atoms with Gasteiger partial charge in [0.1, 0.15) is 23.9 Å². The third-order valence-corrected chi connectivity index (χ3v) is 9.88. The molecule has 2 aliphatic heterocycles. The number of carbonyl (C=O) groups excluding carboxylic acids is 5. The molecule has 2 saturated carbocycles. The monoisotopic (exact) mass is 657 g/mol. The number of likely N-dealkylation sites (tertiary alicyclic amines) is 1. The Bertz CT molecular complexity index is 1540. The first-order chi connectivity index (χ1) is 20.9. The molecule has 0 radical (unpaired) electrons. The molecular weight excluding hydrogens is 623 g/mol. The molecule has 4 atom stereocenters. The molecule has 3 fully saturated rings. The van der Waals surface area contributed by atoms with Crippen molar-refractivity contribution in [3.05, 3.63) is 18.2 Å². The maximum Gasteiger partial charge on any atom is 0.471 e. The van der Waals surface area contributed by atoms with Gasteiger partial charge in [0, 0.05) is 25.8 Å². The SMILES string of the molecule is CN(C(=O)C(CC1CC1)NC(=O)C(F)(F)F)C(CC1CC1)C(=O)N1C[C@@]2(C[C@H]1C(N)=O)Oc1cc(S(C)(=O)=O)ccc1NC2=O. The topological polar surface area (TPSA) is 185 Å². The third-order valence-electron chi connectivity index (χ3n) is 8.77. The zero-order chi connectivity index (χ0) is 33.1. The van der Waals surface area contributed by atoms with Gasteiger partial charge in [-0.2, -0.15) is 13.2 Å². The van der Waals surface area contributed by atoms with E-state index in [0.29, 0.717) is 12.8 Å². The Morgan fingerprint density at radius 1 is 1.16 bits per heavy atom. The van der Waals surface area contributed by atoms with Crippen LogP contribution >= 0.6 is 0 Å². The number of amides is 5.